The van der Waals surface area contributed by atoms with Crippen LogP contribution in [0.2, 0.25) is 0 Å². The molecule has 0 unspecified atom stereocenters. The third-order valence-electron chi connectivity index (χ3n) is 3.78. The van der Waals surface area contributed by atoms with Gasteiger partial charge in [0.1, 0.15) is 0 Å². The molecular formula is C18H17NO4. The van der Waals surface area contributed by atoms with Gasteiger partial charge in [0, 0.05) is 11.6 Å². The van der Waals surface area contributed by atoms with Gasteiger partial charge in [-0.2, -0.15) is 0 Å². The highest BCUT2D eigenvalue weighted by atomic mass is 16.7. The molecule has 5 heteroatoms. The largest absolute Gasteiger partial charge is 0.418 e. The predicted octanol–water partition coefficient (Wildman–Crippen LogP) is 3.46. The van der Waals surface area contributed by atoms with E-state index in [1.807, 2.05) is 49.4 Å². The molecule has 1 N–H and O–H groups in total. The minimum absolute atomic E-state index is 0.240. The Kier molecular flexibility index (Phi) is 4.02. The summed E-state index contributed by atoms with van der Waals surface area (Å²) >= 11 is 0. The molecule has 2 aromatic rings. The number of carbonyl (C=O) groups is 2. The second-order valence-electron chi connectivity index (χ2n) is 5.46. The minimum Gasteiger partial charge on any atom is -0.418 e. The van der Waals surface area contributed by atoms with Gasteiger partial charge in [-0.15, -0.1) is 0 Å². The van der Waals surface area contributed by atoms with E-state index in [9.17, 15) is 9.59 Å². The SMILES string of the molecule is CC1=C[C@H](OC(=O)N[C@@H](C)c2cccc3ccccc23)OC1=O. The molecule has 3 rings (SSSR count). The third kappa shape index (κ3) is 3.18. The molecule has 0 aromatic heterocycles. The maximum atomic E-state index is 12.0. The summed E-state index contributed by atoms with van der Waals surface area (Å²) in [4.78, 5) is 23.2. The molecular weight excluding hydrogens is 294 g/mol. The highest BCUT2D eigenvalue weighted by molar-refractivity contribution is 5.90. The van der Waals surface area contributed by atoms with E-state index in [2.05, 4.69) is 5.32 Å². The first kappa shape index (κ1) is 15.1. The molecule has 1 heterocycles. The smallest absolute Gasteiger partial charge is 0.410 e. The van der Waals surface area contributed by atoms with Gasteiger partial charge in [0.25, 0.3) is 6.29 Å². The van der Waals surface area contributed by atoms with Crippen LogP contribution in [-0.4, -0.2) is 18.4 Å². The standard InChI is InChI=1S/C18H17NO4/c1-11-10-16(22-17(11)20)23-18(21)19-12(2)14-9-5-7-13-6-3-4-8-15(13)14/h3-10,12,16H,1-2H3,(H,19,21)/t12-,16-/m0/s1. The summed E-state index contributed by atoms with van der Waals surface area (Å²) in [5, 5.41) is 4.94. The van der Waals surface area contributed by atoms with Gasteiger partial charge in [-0.1, -0.05) is 42.5 Å². The van der Waals surface area contributed by atoms with Crippen LogP contribution in [0.25, 0.3) is 10.8 Å². The summed E-state index contributed by atoms with van der Waals surface area (Å²) < 4.78 is 9.97. The van der Waals surface area contributed by atoms with Crippen molar-refractivity contribution in [2.75, 3.05) is 0 Å². The maximum Gasteiger partial charge on any atom is 0.410 e. The Morgan fingerprint density at radius 2 is 1.96 bits per heavy atom. The van der Waals surface area contributed by atoms with Crippen LogP contribution >= 0.6 is 0 Å². The number of ether oxygens (including phenoxy) is 2. The van der Waals surface area contributed by atoms with Gasteiger partial charge in [0.2, 0.25) is 0 Å². The first-order chi connectivity index (χ1) is 11.0. The first-order valence-corrected chi connectivity index (χ1v) is 7.39. The van der Waals surface area contributed by atoms with Crippen LogP contribution in [0, 0.1) is 0 Å². The summed E-state index contributed by atoms with van der Waals surface area (Å²) in [5.41, 5.74) is 1.43. The van der Waals surface area contributed by atoms with E-state index >= 15 is 0 Å². The van der Waals surface area contributed by atoms with Gasteiger partial charge in [-0.25, -0.2) is 9.59 Å². The van der Waals surface area contributed by atoms with Crippen molar-refractivity contribution in [3.63, 3.8) is 0 Å². The van der Waals surface area contributed by atoms with Crippen molar-refractivity contribution in [3.05, 3.63) is 59.7 Å². The van der Waals surface area contributed by atoms with Crippen molar-refractivity contribution in [2.45, 2.75) is 26.2 Å². The average Bonchev–Trinajstić information content (AvgIpc) is 2.84. The molecule has 0 spiro atoms. The Morgan fingerprint density at radius 1 is 1.22 bits per heavy atom. The molecule has 0 bridgehead atoms. The van der Waals surface area contributed by atoms with Crippen molar-refractivity contribution in [1.29, 1.82) is 0 Å². The summed E-state index contributed by atoms with van der Waals surface area (Å²) in [6.45, 7) is 3.49. The number of fused-ring (bicyclic) bond motifs is 1. The molecule has 0 aliphatic carbocycles. The zero-order valence-corrected chi connectivity index (χ0v) is 12.9. The normalized spacial score (nSPS) is 18.3. The number of esters is 1. The molecule has 0 saturated carbocycles. The van der Waals surface area contributed by atoms with Crippen LogP contribution in [-0.2, 0) is 14.3 Å². The molecule has 5 nitrogen and oxygen atoms in total. The van der Waals surface area contributed by atoms with Gasteiger partial charge >= 0.3 is 12.1 Å². The van der Waals surface area contributed by atoms with E-state index in [1.54, 1.807) is 6.92 Å². The molecule has 1 aliphatic rings. The van der Waals surface area contributed by atoms with Crippen molar-refractivity contribution < 1.29 is 19.1 Å². The Morgan fingerprint density at radius 3 is 2.70 bits per heavy atom. The molecule has 1 aliphatic heterocycles. The maximum absolute atomic E-state index is 12.0. The number of hydrogen-bond acceptors (Lipinski definition) is 4. The van der Waals surface area contributed by atoms with Crippen LogP contribution < -0.4 is 5.32 Å². The van der Waals surface area contributed by atoms with E-state index in [1.165, 1.54) is 6.08 Å². The Hall–Kier alpha value is -2.82. The highest BCUT2D eigenvalue weighted by Crippen LogP contribution is 2.24. The molecule has 2 atom stereocenters. The van der Waals surface area contributed by atoms with Crippen LogP contribution in [0.3, 0.4) is 0 Å². The van der Waals surface area contributed by atoms with Gasteiger partial charge in [0.15, 0.2) is 0 Å². The van der Waals surface area contributed by atoms with E-state index in [0.29, 0.717) is 5.57 Å². The van der Waals surface area contributed by atoms with E-state index < -0.39 is 18.4 Å². The lowest BCUT2D eigenvalue weighted by Crippen LogP contribution is -2.31. The van der Waals surface area contributed by atoms with Crippen LogP contribution in [0.1, 0.15) is 25.5 Å². The first-order valence-electron chi connectivity index (χ1n) is 7.39. The van der Waals surface area contributed by atoms with E-state index in [0.717, 1.165) is 16.3 Å². The fourth-order valence-corrected chi connectivity index (χ4v) is 2.58. The number of alkyl carbamates (subject to hydrolysis) is 1. The number of carbonyl (C=O) groups excluding carboxylic acids is 2. The summed E-state index contributed by atoms with van der Waals surface area (Å²) in [7, 11) is 0. The van der Waals surface area contributed by atoms with Crippen molar-refractivity contribution in [2.24, 2.45) is 0 Å². The van der Waals surface area contributed by atoms with Crippen molar-refractivity contribution >= 4 is 22.8 Å². The summed E-state index contributed by atoms with van der Waals surface area (Å²) in [5.74, 6) is -0.468. The quantitative estimate of drug-likeness (QED) is 0.882. The Balaban J connectivity index is 1.70. The Labute approximate surface area is 133 Å². The summed E-state index contributed by atoms with van der Waals surface area (Å²) in [6, 6.07) is 13.7. The molecule has 23 heavy (non-hydrogen) atoms. The van der Waals surface area contributed by atoms with Crippen LogP contribution in [0.5, 0.6) is 0 Å². The van der Waals surface area contributed by atoms with Crippen molar-refractivity contribution in [3.8, 4) is 0 Å². The highest BCUT2D eigenvalue weighted by Gasteiger charge is 2.26. The molecule has 1 amide bonds. The number of cyclic esters (lactones) is 1. The van der Waals surface area contributed by atoms with E-state index in [4.69, 9.17) is 9.47 Å². The fourth-order valence-electron chi connectivity index (χ4n) is 2.58. The van der Waals surface area contributed by atoms with Gasteiger partial charge in [-0.3, -0.25) is 0 Å². The number of benzene rings is 2. The lowest BCUT2D eigenvalue weighted by molar-refractivity contribution is -0.151. The van der Waals surface area contributed by atoms with Crippen LogP contribution in [0.4, 0.5) is 4.79 Å². The molecule has 118 valence electrons. The van der Waals surface area contributed by atoms with Crippen molar-refractivity contribution in [1.82, 2.24) is 5.32 Å². The number of hydrogen-bond donors (Lipinski definition) is 1. The molecule has 0 saturated heterocycles. The van der Waals surface area contributed by atoms with Gasteiger partial charge in [-0.05, 0) is 30.2 Å². The second kappa shape index (κ2) is 6.12. The number of rotatable bonds is 3. The summed E-state index contributed by atoms with van der Waals surface area (Å²) in [6.07, 6.45) is -0.110. The Bertz CT molecular complexity index is 791. The molecule has 2 aromatic carbocycles. The molecule has 0 fully saturated rings. The van der Waals surface area contributed by atoms with Crippen LogP contribution in [0.15, 0.2) is 54.1 Å². The zero-order chi connectivity index (χ0) is 16.4. The lowest BCUT2D eigenvalue weighted by Gasteiger charge is -2.17. The van der Waals surface area contributed by atoms with Gasteiger partial charge in [0.05, 0.1) is 6.04 Å². The lowest BCUT2D eigenvalue weighted by atomic mass is 10.00. The second-order valence-corrected chi connectivity index (χ2v) is 5.46. The number of amides is 1. The fraction of sp³-hybridized carbons (Fsp3) is 0.222. The predicted molar refractivity (Wildman–Crippen MR) is 85.6 cm³/mol. The zero-order valence-electron chi connectivity index (χ0n) is 12.9. The third-order valence-corrected chi connectivity index (χ3v) is 3.78. The molecule has 0 radical (unpaired) electrons. The van der Waals surface area contributed by atoms with Gasteiger partial charge < -0.3 is 14.8 Å². The number of nitrogens with one attached hydrogen (secondary N) is 1. The minimum atomic E-state index is -0.956. The van der Waals surface area contributed by atoms with E-state index in [-0.39, 0.29) is 6.04 Å². The monoisotopic (exact) mass is 311 g/mol. The topological polar surface area (TPSA) is 64.6 Å². The average molecular weight is 311 g/mol.